The molecule has 0 unspecified atom stereocenters. The third-order valence-electron chi connectivity index (χ3n) is 0.432. The number of carbonyl (C=O) groups is 2. The van der Waals surface area contributed by atoms with Crippen LogP contribution in [0.2, 0.25) is 0 Å². The Balaban J connectivity index is 3.69. The van der Waals surface area contributed by atoms with Crippen LogP contribution in [0.4, 0.5) is 0 Å². The first-order chi connectivity index (χ1) is 5.12. The zero-order valence-corrected chi connectivity index (χ0v) is 5.98. The number of hydroxylamine groups is 2. The molecule has 0 aromatic rings. The van der Waals surface area contributed by atoms with Crippen LogP contribution in [0.25, 0.3) is 0 Å². The van der Waals surface area contributed by atoms with Crippen LogP contribution in [-0.2, 0) is 23.4 Å². The molecule has 2 amide bonds. The number of rotatable bonds is 6. The number of hydrogen-bond donors (Lipinski definition) is 3. The molecule has 0 heterocycles. The molecule has 0 aliphatic carbocycles. The average molecular weight is 184 g/mol. The van der Waals surface area contributed by atoms with Crippen molar-refractivity contribution in [1.29, 1.82) is 0 Å². The lowest BCUT2D eigenvalue weighted by atomic mass is 11.5. The molecule has 0 saturated heterocycles. The van der Waals surface area contributed by atoms with Gasteiger partial charge in [0.25, 0.3) is 0 Å². The second kappa shape index (κ2) is 4.80. The summed E-state index contributed by atoms with van der Waals surface area (Å²) in [4.78, 5) is 27.5. The van der Waals surface area contributed by atoms with Gasteiger partial charge in [0.15, 0.2) is 0 Å². The fraction of sp³-hybridized carbons (Fsp3) is 0. The summed E-state index contributed by atoms with van der Waals surface area (Å²) >= 11 is 0. The van der Waals surface area contributed by atoms with Crippen molar-refractivity contribution >= 4 is 20.6 Å². The van der Waals surface area contributed by atoms with E-state index in [1.165, 1.54) is 11.0 Å². The fourth-order valence-electron chi connectivity index (χ4n) is 0.195. The predicted molar refractivity (Wildman–Crippen MR) is 30.4 cm³/mol. The van der Waals surface area contributed by atoms with Gasteiger partial charge < -0.3 is 0 Å². The molecule has 64 valence electrons. The maximum atomic E-state index is 10.4. The van der Waals surface area contributed by atoms with E-state index < -0.39 is 7.82 Å². The van der Waals surface area contributed by atoms with Gasteiger partial charge in [0.05, 0.1) is 0 Å². The highest BCUT2D eigenvalue weighted by Gasteiger charge is 2.21. The lowest BCUT2D eigenvalue weighted by molar-refractivity contribution is -0.118. The first-order valence-corrected chi connectivity index (χ1v) is 3.70. The highest BCUT2D eigenvalue weighted by atomic mass is 31.2. The largest absolute Gasteiger partial charge is 0.515 e. The SMILES string of the molecule is O=CNOP(=O)(O)ONC=O. The van der Waals surface area contributed by atoms with Crippen molar-refractivity contribution in [3.05, 3.63) is 0 Å². The Labute approximate surface area is 61.0 Å². The van der Waals surface area contributed by atoms with Crippen molar-refractivity contribution in [3.63, 3.8) is 0 Å². The van der Waals surface area contributed by atoms with E-state index in [2.05, 4.69) is 9.25 Å². The maximum Gasteiger partial charge on any atom is 0.515 e. The fourth-order valence-corrected chi connectivity index (χ4v) is 0.585. The molecular weight excluding hydrogens is 179 g/mol. The summed E-state index contributed by atoms with van der Waals surface area (Å²) < 4.78 is 17.9. The van der Waals surface area contributed by atoms with E-state index in [1.54, 1.807) is 0 Å². The molecule has 0 aliphatic rings. The quantitative estimate of drug-likeness (QED) is 0.261. The van der Waals surface area contributed by atoms with Gasteiger partial charge in [-0.2, -0.15) is 9.25 Å². The minimum absolute atomic E-state index is 0.0210. The van der Waals surface area contributed by atoms with Crippen LogP contribution in [0.3, 0.4) is 0 Å². The normalized spacial score (nSPS) is 10.3. The summed E-state index contributed by atoms with van der Waals surface area (Å²) in [5.74, 6) is 0. The van der Waals surface area contributed by atoms with Gasteiger partial charge in [-0.3, -0.25) is 14.5 Å². The summed E-state index contributed by atoms with van der Waals surface area (Å²) in [6.07, 6.45) is 0.0419. The van der Waals surface area contributed by atoms with Crippen molar-refractivity contribution in [1.82, 2.24) is 11.0 Å². The van der Waals surface area contributed by atoms with Crippen LogP contribution in [0.5, 0.6) is 0 Å². The minimum atomic E-state index is -4.41. The number of amides is 2. The van der Waals surface area contributed by atoms with E-state index in [9.17, 15) is 14.2 Å². The second-order valence-electron chi connectivity index (χ2n) is 1.12. The minimum Gasteiger partial charge on any atom is -0.300 e. The van der Waals surface area contributed by atoms with Gasteiger partial charge in [0, 0.05) is 0 Å². The molecule has 8 nitrogen and oxygen atoms in total. The topological polar surface area (TPSA) is 114 Å². The van der Waals surface area contributed by atoms with Crippen LogP contribution >= 0.6 is 7.82 Å². The standard InChI is InChI=1S/C2H5N2O6P/c5-1-3-9-11(7,8)10-4-2-6/h1-2H,(H,3,5)(H,4,6)(H,7,8). The molecule has 9 heteroatoms. The van der Waals surface area contributed by atoms with E-state index in [-0.39, 0.29) is 12.8 Å². The van der Waals surface area contributed by atoms with Crippen LogP contribution in [0.1, 0.15) is 0 Å². The first-order valence-electron chi connectivity index (χ1n) is 2.20. The lowest BCUT2D eigenvalue weighted by Crippen LogP contribution is -2.16. The molecule has 0 aliphatic heterocycles. The van der Waals surface area contributed by atoms with Gasteiger partial charge in [-0.1, -0.05) is 0 Å². The van der Waals surface area contributed by atoms with E-state index in [0.717, 1.165) is 0 Å². The Bertz CT molecular complexity index is 165. The van der Waals surface area contributed by atoms with E-state index in [4.69, 9.17) is 4.89 Å². The maximum absolute atomic E-state index is 10.4. The van der Waals surface area contributed by atoms with Crippen molar-refractivity contribution in [2.24, 2.45) is 0 Å². The van der Waals surface area contributed by atoms with Crippen LogP contribution < -0.4 is 11.0 Å². The summed E-state index contributed by atoms with van der Waals surface area (Å²) in [6, 6.07) is 0. The van der Waals surface area contributed by atoms with E-state index in [1.807, 2.05) is 0 Å². The Hall–Kier alpha value is -0.950. The van der Waals surface area contributed by atoms with Crippen LogP contribution in [0.15, 0.2) is 0 Å². The Kier molecular flexibility index (Phi) is 4.39. The third-order valence-corrected chi connectivity index (χ3v) is 1.10. The van der Waals surface area contributed by atoms with Gasteiger partial charge in [-0.15, -0.1) is 0 Å². The highest BCUT2D eigenvalue weighted by molar-refractivity contribution is 7.47. The predicted octanol–water partition coefficient (Wildman–Crippen LogP) is -1.56. The molecular formula is C2H5N2O6P. The zero-order valence-electron chi connectivity index (χ0n) is 5.09. The summed E-state index contributed by atoms with van der Waals surface area (Å²) in [5, 5.41) is 0. The lowest BCUT2D eigenvalue weighted by Gasteiger charge is -2.06. The average Bonchev–Trinajstić information content (AvgIpc) is 1.97. The third kappa shape index (κ3) is 5.49. The van der Waals surface area contributed by atoms with Gasteiger partial charge in [0.2, 0.25) is 12.8 Å². The van der Waals surface area contributed by atoms with Gasteiger partial charge in [-0.25, -0.2) is 15.5 Å². The number of carbonyl (C=O) groups excluding carboxylic acids is 2. The van der Waals surface area contributed by atoms with Crippen molar-refractivity contribution in [2.75, 3.05) is 0 Å². The van der Waals surface area contributed by atoms with Gasteiger partial charge in [0.1, 0.15) is 0 Å². The summed E-state index contributed by atoms with van der Waals surface area (Å²) in [6.45, 7) is 0. The molecule has 0 aromatic carbocycles. The van der Waals surface area contributed by atoms with Crippen LogP contribution in [0, 0.1) is 0 Å². The Morgan fingerprint density at radius 1 is 1.18 bits per heavy atom. The Morgan fingerprint density at radius 2 is 1.55 bits per heavy atom. The summed E-state index contributed by atoms with van der Waals surface area (Å²) in [7, 11) is -4.41. The molecule has 0 radical (unpaired) electrons. The molecule has 0 aromatic heterocycles. The number of phosphoric acid groups is 1. The molecule has 0 spiro atoms. The van der Waals surface area contributed by atoms with Gasteiger partial charge >= 0.3 is 7.82 Å². The molecule has 0 fully saturated rings. The van der Waals surface area contributed by atoms with Crippen molar-refractivity contribution < 1.29 is 28.3 Å². The van der Waals surface area contributed by atoms with Crippen molar-refractivity contribution in [2.45, 2.75) is 0 Å². The molecule has 0 rings (SSSR count). The van der Waals surface area contributed by atoms with E-state index in [0.29, 0.717) is 0 Å². The van der Waals surface area contributed by atoms with Crippen molar-refractivity contribution in [3.8, 4) is 0 Å². The first kappa shape index (κ1) is 10.0. The van der Waals surface area contributed by atoms with E-state index >= 15 is 0 Å². The zero-order chi connectivity index (χ0) is 8.74. The molecule has 0 atom stereocenters. The monoisotopic (exact) mass is 184 g/mol. The Morgan fingerprint density at radius 3 is 1.82 bits per heavy atom. The number of nitrogens with one attached hydrogen (secondary N) is 2. The van der Waals surface area contributed by atoms with Crippen LogP contribution in [-0.4, -0.2) is 17.7 Å². The number of hydrogen-bond acceptors (Lipinski definition) is 5. The molecule has 11 heavy (non-hydrogen) atoms. The molecule has 0 saturated carbocycles. The van der Waals surface area contributed by atoms with Gasteiger partial charge in [-0.05, 0) is 0 Å². The molecule has 3 N–H and O–H groups in total. The highest BCUT2D eigenvalue weighted by Crippen LogP contribution is 2.39. The second-order valence-corrected chi connectivity index (χ2v) is 2.42. The smallest absolute Gasteiger partial charge is 0.300 e. The molecule has 0 bridgehead atoms. The summed E-state index contributed by atoms with van der Waals surface area (Å²) in [5.41, 5.74) is 2.85.